The van der Waals surface area contributed by atoms with E-state index in [-0.39, 0.29) is 31.6 Å². The van der Waals surface area contributed by atoms with Gasteiger partial charge in [-0.1, -0.05) is 30.3 Å². The fourth-order valence-corrected chi connectivity index (χ4v) is 5.12. The molecule has 1 saturated carbocycles. The molecule has 0 spiro atoms. The van der Waals surface area contributed by atoms with Gasteiger partial charge in [-0.05, 0) is 49.7 Å². The van der Waals surface area contributed by atoms with Crippen LogP contribution in [0.2, 0.25) is 0 Å². The second kappa shape index (κ2) is 13.3. The number of halogens is 4. The summed E-state index contributed by atoms with van der Waals surface area (Å²) in [7, 11) is 0. The van der Waals surface area contributed by atoms with E-state index < -0.39 is 47.7 Å². The highest BCUT2D eigenvalue weighted by molar-refractivity contribution is 5.85. The maximum atomic E-state index is 14.3. The van der Waals surface area contributed by atoms with Gasteiger partial charge in [0.15, 0.2) is 5.60 Å². The molecule has 2 aliphatic rings. The minimum absolute atomic E-state index is 0.173. The molecule has 40 heavy (non-hydrogen) atoms. The summed E-state index contributed by atoms with van der Waals surface area (Å²) in [6, 6.07) is 11.1. The van der Waals surface area contributed by atoms with E-state index in [1.807, 2.05) is 0 Å². The third-order valence-corrected chi connectivity index (χ3v) is 7.23. The molecule has 0 aromatic heterocycles. The van der Waals surface area contributed by atoms with Crippen LogP contribution in [0.5, 0.6) is 5.75 Å². The molecule has 0 radical (unpaired) electrons. The first-order valence-electron chi connectivity index (χ1n) is 13.3. The fraction of sp³-hybridized carbons (Fsp3) is 0.536. The maximum absolute atomic E-state index is 14.3. The van der Waals surface area contributed by atoms with Crippen LogP contribution in [0, 0.1) is 5.82 Å². The zero-order valence-corrected chi connectivity index (χ0v) is 21.9. The first-order chi connectivity index (χ1) is 19.0. The van der Waals surface area contributed by atoms with Gasteiger partial charge in [0, 0.05) is 31.5 Å². The van der Waals surface area contributed by atoms with Crippen molar-refractivity contribution in [2.75, 3.05) is 26.2 Å². The quantitative estimate of drug-likeness (QED) is 0.357. The van der Waals surface area contributed by atoms with E-state index in [2.05, 4.69) is 15.0 Å². The van der Waals surface area contributed by atoms with Crippen LogP contribution in [-0.4, -0.2) is 77.5 Å². The van der Waals surface area contributed by atoms with Crippen molar-refractivity contribution in [3.8, 4) is 5.75 Å². The molecule has 8 nitrogen and oxygen atoms in total. The number of hydrogen-bond donors (Lipinski definition) is 3. The van der Waals surface area contributed by atoms with Crippen molar-refractivity contribution < 1.29 is 46.8 Å². The Balaban J connectivity index is 1.48. The Morgan fingerprint density at radius 3 is 2.52 bits per heavy atom. The number of amides is 1. The number of aliphatic hydroxyl groups excluding tert-OH is 2. The Bertz CT molecular complexity index is 1130. The van der Waals surface area contributed by atoms with Crippen LogP contribution in [0.4, 0.5) is 17.6 Å². The highest BCUT2D eigenvalue weighted by Gasteiger charge is 2.51. The van der Waals surface area contributed by atoms with Gasteiger partial charge in [-0.3, -0.25) is 4.79 Å². The van der Waals surface area contributed by atoms with Gasteiger partial charge in [0.2, 0.25) is 0 Å². The summed E-state index contributed by atoms with van der Waals surface area (Å²) in [6.45, 7) is 2.36. The molecule has 4 rings (SSSR count). The molecule has 2 aromatic rings. The molecule has 0 bridgehead atoms. The predicted molar refractivity (Wildman–Crippen MR) is 136 cm³/mol. The molecular formula is C28H34F4N2O6. The first-order valence-corrected chi connectivity index (χ1v) is 13.3. The molecule has 1 unspecified atom stereocenters. The molecule has 1 aliphatic carbocycles. The van der Waals surface area contributed by atoms with Gasteiger partial charge < -0.3 is 34.6 Å². The summed E-state index contributed by atoms with van der Waals surface area (Å²) >= 11 is 0. The van der Waals surface area contributed by atoms with Gasteiger partial charge in [-0.15, -0.1) is 13.2 Å². The van der Waals surface area contributed by atoms with E-state index in [1.54, 1.807) is 6.07 Å². The second-order valence-corrected chi connectivity index (χ2v) is 10.2. The Labute approximate surface area is 229 Å². The average molecular weight is 571 g/mol. The monoisotopic (exact) mass is 570 g/mol. The third-order valence-electron chi connectivity index (χ3n) is 7.23. The van der Waals surface area contributed by atoms with Gasteiger partial charge in [0.1, 0.15) is 17.7 Å². The molecule has 1 heterocycles. The molecule has 2 aromatic carbocycles. The summed E-state index contributed by atoms with van der Waals surface area (Å²) in [6.07, 6.45) is -7.01. The van der Waals surface area contributed by atoms with Gasteiger partial charge in [0.05, 0.1) is 25.4 Å². The minimum Gasteiger partial charge on any atom is -0.406 e. The lowest BCUT2D eigenvalue weighted by Crippen LogP contribution is -2.61. The second-order valence-electron chi connectivity index (χ2n) is 10.2. The number of nitrogens with zero attached hydrogens (tertiary/aromatic N) is 1. The lowest BCUT2D eigenvalue weighted by atomic mass is 9.78. The lowest BCUT2D eigenvalue weighted by Gasteiger charge is -2.44. The number of likely N-dealkylation sites (tertiary alicyclic amines) is 1. The van der Waals surface area contributed by atoms with Crippen LogP contribution in [0.1, 0.15) is 36.8 Å². The number of carbonyl (C=O) groups excluding carboxylic acids is 1. The zero-order chi connectivity index (χ0) is 28.8. The van der Waals surface area contributed by atoms with Crippen LogP contribution in [0.15, 0.2) is 48.5 Å². The molecular weight excluding hydrogens is 536 g/mol. The van der Waals surface area contributed by atoms with E-state index in [1.165, 1.54) is 30.3 Å². The number of rotatable bonds is 11. The van der Waals surface area contributed by atoms with Gasteiger partial charge >= 0.3 is 6.36 Å². The smallest absolute Gasteiger partial charge is 0.406 e. The third kappa shape index (κ3) is 8.14. The maximum Gasteiger partial charge on any atom is 0.573 e. The van der Waals surface area contributed by atoms with Crippen LogP contribution >= 0.6 is 0 Å². The summed E-state index contributed by atoms with van der Waals surface area (Å²) in [5, 5.41) is 24.3. The van der Waals surface area contributed by atoms with Crippen molar-refractivity contribution in [2.45, 2.75) is 69.2 Å². The van der Waals surface area contributed by atoms with Crippen molar-refractivity contribution in [3.63, 3.8) is 0 Å². The number of alkyl halides is 3. The molecule has 220 valence electrons. The Morgan fingerprint density at radius 1 is 1.05 bits per heavy atom. The molecule has 4 atom stereocenters. The topological polar surface area (TPSA) is 100 Å². The van der Waals surface area contributed by atoms with Crippen LogP contribution < -0.4 is 10.1 Å². The van der Waals surface area contributed by atoms with Crippen molar-refractivity contribution in [2.24, 2.45) is 0 Å². The molecule has 1 aliphatic heterocycles. The fourth-order valence-electron chi connectivity index (χ4n) is 5.12. The van der Waals surface area contributed by atoms with Gasteiger partial charge in [-0.25, -0.2) is 4.39 Å². The van der Waals surface area contributed by atoms with Crippen molar-refractivity contribution in [3.05, 3.63) is 65.5 Å². The Kier molecular flexibility index (Phi) is 10.0. The Hall–Kier alpha value is -2.77. The summed E-state index contributed by atoms with van der Waals surface area (Å²) in [5.74, 6) is -1.47. The number of aliphatic hydroxyl groups is 2. The molecule has 1 amide bonds. The summed E-state index contributed by atoms with van der Waals surface area (Å²) in [4.78, 5) is 15.7. The average Bonchev–Trinajstić information content (AvgIpc) is 3.42. The van der Waals surface area contributed by atoms with Gasteiger partial charge in [0.25, 0.3) is 5.91 Å². The predicted octanol–water partition coefficient (Wildman–Crippen LogP) is 3.29. The van der Waals surface area contributed by atoms with E-state index in [0.29, 0.717) is 18.7 Å². The summed E-state index contributed by atoms with van der Waals surface area (Å²) in [5.41, 5.74) is -1.12. The Morgan fingerprint density at radius 2 is 1.80 bits per heavy atom. The number of nitrogens with one attached hydrogen (secondary N) is 1. The van der Waals surface area contributed by atoms with Crippen molar-refractivity contribution >= 4 is 5.91 Å². The van der Waals surface area contributed by atoms with Crippen molar-refractivity contribution in [1.82, 2.24) is 10.2 Å². The van der Waals surface area contributed by atoms with E-state index in [4.69, 9.17) is 9.47 Å². The minimum atomic E-state index is -4.86. The molecule has 1 saturated heterocycles. The number of hydrogen-bond acceptors (Lipinski definition) is 7. The SMILES string of the molecule is O=C(NCCN1CCCC1)[C@@]1(OCc2ccccc2F)CC(OCc2cccc(OC(F)(F)F)c2)[C@H](O)[C@H](O)C1. The van der Waals surface area contributed by atoms with E-state index >= 15 is 0 Å². The van der Waals surface area contributed by atoms with Crippen LogP contribution in [0.25, 0.3) is 0 Å². The van der Waals surface area contributed by atoms with Gasteiger partial charge in [-0.2, -0.15) is 0 Å². The van der Waals surface area contributed by atoms with Crippen molar-refractivity contribution in [1.29, 1.82) is 0 Å². The van der Waals surface area contributed by atoms with Crippen LogP contribution in [0.3, 0.4) is 0 Å². The molecule has 2 fully saturated rings. The summed E-state index contributed by atoms with van der Waals surface area (Å²) < 4.78 is 67.9. The number of carbonyl (C=O) groups is 1. The molecule has 3 N–H and O–H groups in total. The number of benzene rings is 2. The number of ether oxygens (including phenoxy) is 3. The zero-order valence-electron chi connectivity index (χ0n) is 21.9. The van der Waals surface area contributed by atoms with Crippen LogP contribution in [-0.2, 0) is 27.5 Å². The lowest BCUT2D eigenvalue weighted by molar-refractivity contribution is -0.274. The van der Waals surface area contributed by atoms with E-state index in [9.17, 15) is 32.6 Å². The largest absolute Gasteiger partial charge is 0.573 e. The highest BCUT2D eigenvalue weighted by atomic mass is 19.4. The van der Waals surface area contributed by atoms with E-state index in [0.717, 1.165) is 38.1 Å². The first kappa shape index (κ1) is 30.2. The standard InChI is InChI=1S/C28H34F4N2O6/c29-22-9-2-1-7-20(22)18-39-27(26(37)33-10-13-34-11-3-4-12-34)15-23(35)25(36)24(16-27)38-17-19-6-5-8-21(14-19)40-28(30,31)32/h1-2,5-9,14,23-25,35-36H,3-4,10-13,15-18H2,(H,33,37)/t23-,24?,25-,27+/m1/s1. The normalized spacial score (nSPS) is 25.6. The molecule has 12 heteroatoms. The highest BCUT2D eigenvalue weighted by Crippen LogP contribution is 2.36.